The molecule has 0 aliphatic carbocycles. The summed E-state index contributed by atoms with van der Waals surface area (Å²) in [5.41, 5.74) is 1.25. The highest BCUT2D eigenvalue weighted by Gasteiger charge is 2.22. The number of rotatable bonds is 6. The van der Waals surface area contributed by atoms with Gasteiger partial charge in [-0.3, -0.25) is 4.79 Å². The molecule has 0 radical (unpaired) electrons. The number of carbonyl (C=O) groups excluding carboxylic acids is 1. The molecule has 6 heteroatoms. The summed E-state index contributed by atoms with van der Waals surface area (Å²) in [5, 5.41) is 10.8. The van der Waals surface area contributed by atoms with Gasteiger partial charge in [0.25, 0.3) is 5.91 Å². The van der Waals surface area contributed by atoms with Gasteiger partial charge in [0.15, 0.2) is 11.4 Å². The Morgan fingerprint density at radius 1 is 1.42 bits per heavy atom. The highest BCUT2D eigenvalue weighted by atomic mass is 16.5. The molecule has 24 heavy (non-hydrogen) atoms. The maximum atomic E-state index is 12.6. The van der Waals surface area contributed by atoms with Crippen molar-refractivity contribution in [1.29, 1.82) is 0 Å². The molecule has 2 N–H and O–H groups in total. The van der Waals surface area contributed by atoms with Gasteiger partial charge in [-0.05, 0) is 37.9 Å². The third-order valence-corrected chi connectivity index (χ3v) is 4.01. The van der Waals surface area contributed by atoms with Crippen molar-refractivity contribution in [3.05, 3.63) is 42.2 Å². The maximum absolute atomic E-state index is 12.6. The van der Waals surface area contributed by atoms with Crippen molar-refractivity contribution < 1.29 is 9.53 Å². The molecule has 2 heterocycles. The van der Waals surface area contributed by atoms with Crippen molar-refractivity contribution in [2.75, 3.05) is 19.7 Å². The van der Waals surface area contributed by atoms with Gasteiger partial charge in [0.05, 0.1) is 18.5 Å². The summed E-state index contributed by atoms with van der Waals surface area (Å²) in [6, 6.07) is 9.87. The molecular formula is C18H24N4O2. The van der Waals surface area contributed by atoms with E-state index in [1.807, 2.05) is 37.3 Å². The first-order valence-electron chi connectivity index (χ1n) is 8.57. The van der Waals surface area contributed by atoms with Crippen LogP contribution in [0, 0.1) is 0 Å². The monoisotopic (exact) mass is 328 g/mol. The summed E-state index contributed by atoms with van der Waals surface area (Å²) in [7, 11) is 0. The van der Waals surface area contributed by atoms with Crippen LogP contribution in [-0.2, 0) is 0 Å². The number of ether oxygens (including phenoxy) is 1. The first-order valence-corrected chi connectivity index (χ1v) is 8.57. The fourth-order valence-electron chi connectivity index (χ4n) is 2.77. The summed E-state index contributed by atoms with van der Waals surface area (Å²) in [6.07, 6.45) is 4.72. The maximum Gasteiger partial charge on any atom is 0.275 e. The second kappa shape index (κ2) is 7.97. The average Bonchev–Trinajstić information content (AvgIpc) is 3.06. The molecule has 1 aromatic heterocycles. The lowest BCUT2D eigenvalue weighted by Crippen LogP contribution is -2.45. The first-order chi connectivity index (χ1) is 11.8. The summed E-state index contributed by atoms with van der Waals surface area (Å²) in [4.78, 5) is 12.6. The Hall–Kier alpha value is -2.34. The Balaban J connectivity index is 1.81. The number of hydrogen-bond donors (Lipinski definition) is 2. The highest BCUT2D eigenvalue weighted by molar-refractivity contribution is 5.95. The predicted octanol–water partition coefficient (Wildman–Crippen LogP) is 2.14. The van der Waals surface area contributed by atoms with E-state index in [1.54, 1.807) is 10.9 Å². The van der Waals surface area contributed by atoms with E-state index in [0.29, 0.717) is 18.1 Å². The van der Waals surface area contributed by atoms with Crippen molar-refractivity contribution in [2.45, 2.75) is 32.2 Å². The molecule has 0 spiro atoms. The van der Waals surface area contributed by atoms with Crippen LogP contribution in [0.5, 0.6) is 5.75 Å². The van der Waals surface area contributed by atoms with Crippen LogP contribution in [0.4, 0.5) is 0 Å². The van der Waals surface area contributed by atoms with Gasteiger partial charge in [0.2, 0.25) is 0 Å². The zero-order chi connectivity index (χ0) is 16.8. The van der Waals surface area contributed by atoms with E-state index < -0.39 is 0 Å². The SMILES string of the molecule is CCCOc1cn(-c2ccccc2)nc1C(=O)N[C@H]1CCCNC1. The Bertz CT molecular complexity index is 663. The van der Waals surface area contributed by atoms with E-state index in [2.05, 4.69) is 15.7 Å². The van der Waals surface area contributed by atoms with Gasteiger partial charge in [-0.1, -0.05) is 25.1 Å². The van der Waals surface area contributed by atoms with E-state index in [4.69, 9.17) is 4.74 Å². The Kier molecular flexibility index (Phi) is 5.48. The van der Waals surface area contributed by atoms with Crippen LogP contribution >= 0.6 is 0 Å². The minimum Gasteiger partial charge on any atom is -0.489 e. The molecule has 1 aliphatic rings. The molecule has 0 bridgehead atoms. The van der Waals surface area contributed by atoms with Crippen molar-refractivity contribution in [3.8, 4) is 11.4 Å². The number of aromatic nitrogens is 2. The van der Waals surface area contributed by atoms with Crippen molar-refractivity contribution in [1.82, 2.24) is 20.4 Å². The summed E-state index contributed by atoms with van der Waals surface area (Å²) < 4.78 is 7.43. The molecule has 128 valence electrons. The number of benzene rings is 1. The van der Waals surface area contributed by atoms with E-state index in [0.717, 1.165) is 38.0 Å². The van der Waals surface area contributed by atoms with Gasteiger partial charge in [-0.2, -0.15) is 5.10 Å². The molecule has 1 amide bonds. The van der Waals surface area contributed by atoms with Crippen molar-refractivity contribution in [2.24, 2.45) is 0 Å². The number of amides is 1. The van der Waals surface area contributed by atoms with Gasteiger partial charge in [-0.15, -0.1) is 0 Å². The molecule has 1 aromatic carbocycles. The van der Waals surface area contributed by atoms with Gasteiger partial charge < -0.3 is 15.4 Å². The van der Waals surface area contributed by atoms with Crippen LogP contribution < -0.4 is 15.4 Å². The normalized spacial score (nSPS) is 17.5. The van der Waals surface area contributed by atoms with Crippen LogP contribution in [0.1, 0.15) is 36.7 Å². The number of nitrogens with zero attached hydrogens (tertiary/aromatic N) is 2. The Labute approximate surface area is 142 Å². The third kappa shape index (κ3) is 3.94. The lowest BCUT2D eigenvalue weighted by atomic mass is 10.1. The predicted molar refractivity (Wildman–Crippen MR) is 92.7 cm³/mol. The summed E-state index contributed by atoms with van der Waals surface area (Å²) in [6.45, 7) is 4.41. The van der Waals surface area contributed by atoms with Crippen LogP contribution in [-0.4, -0.2) is 41.4 Å². The van der Waals surface area contributed by atoms with Gasteiger partial charge in [0.1, 0.15) is 0 Å². The van der Waals surface area contributed by atoms with Gasteiger partial charge in [-0.25, -0.2) is 4.68 Å². The number of hydrogen-bond acceptors (Lipinski definition) is 4. The van der Waals surface area contributed by atoms with Crippen LogP contribution in [0.15, 0.2) is 36.5 Å². The number of carbonyl (C=O) groups is 1. The molecule has 1 aliphatic heterocycles. The third-order valence-electron chi connectivity index (χ3n) is 4.01. The van der Waals surface area contributed by atoms with E-state index in [1.165, 1.54) is 0 Å². The molecular weight excluding hydrogens is 304 g/mol. The lowest BCUT2D eigenvalue weighted by molar-refractivity contribution is 0.0921. The minimum atomic E-state index is -0.176. The number of nitrogens with one attached hydrogen (secondary N) is 2. The lowest BCUT2D eigenvalue weighted by Gasteiger charge is -2.23. The molecule has 1 fully saturated rings. The average molecular weight is 328 g/mol. The largest absolute Gasteiger partial charge is 0.489 e. The standard InChI is InChI=1S/C18H24N4O2/c1-2-11-24-16-13-22(15-8-4-3-5-9-15)21-17(16)18(23)20-14-7-6-10-19-12-14/h3-5,8-9,13-14,19H,2,6-7,10-12H2,1H3,(H,20,23)/t14-/m0/s1. The zero-order valence-corrected chi connectivity index (χ0v) is 14.0. The van der Waals surface area contributed by atoms with Crippen LogP contribution in [0.25, 0.3) is 5.69 Å². The molecule has 0 saturated carbocycles. The quantitative estimate of drug-likeness (QED) is 0.852. The summed E-state index contributed by atoms with van der Waals surface area (Å²) in [5.74, 6) is 0.353. The first kappa shape index (κ1) is 16.5. The molecule has 6 nitrogen and oxygen atoms in total. The van der Waals surface area contributed by atoms with E-state index in [9.17, 15) is 4.79 Å². The Morgan fingerprint density at radius 3 is 2.96 bits per heavy atom. The molecule has 0 unspecified atom stereocenters. The fraction of sp³-hybridized carbons (Fsp3) is 0.444. The van der Waals surface area contributed by atoms with Gasteiger partial charge in [0, 0.05) is 12.6 Å². The van der Waals surface area contributed by atoms with E-state index in [-0.39, 0.29) is 11.9 Å². The molecule has 1 saturated heterocycles. The van der Waals surface area contributed by atoms with Gasteiger partial charge >= 0.3 is 0 Å². The smallest absolute Gasteiger partial charge is 0.275 e. The second-order valence-electron chi connectivity index (χ2n) is 5.99. The molecule has 1 atom stereocenters. The second-order valence-corrected chi connectivity index (χ2v) is 5.99. The fourth-order valence-corrected chi connectivity index (χ4v) is 2.77. The molecule has 2 aromatic rings. The number of piperidine rings is 1. The Morgan fingerprint density at radius 2 is 2.25 bits per heavy atom. The summed E-state index contributed by atoms with van der Waals surface area (Å²) >= 11 is 0. The van der Waals surface area contributed by atoms with Crippen molar-refractivity contribution in [3.63, 3.8) is 0 Å². The van der Waals surface area contributed by atoms with Crippen LogP contribution in [0.2, 0.25) is 0 Å². The van der Waals surface area contributed by atoms with Crippen LogP contribution in [0.3, 0.4) is 0 Å². The molecule has 3 rings (SSSR count). The minimum absolute atomic E-state index is 0.146. The van der Waals surface area contributed by atoms with E-state index >= 15 is 0 Å². The zero-order valence-electron chi connectivity index (χ0n) is 14.0. The number of para-hydroxylation sites is 1. The highest BCUT2D eigenvalue weighted by Crippen LogP contribution is 2.20. The van der Waals surface area contributed by atoms with Crippen molar-refractivity contribution >= 4 is 5.91 Å². The topological polar surface area (TPSA) is 68.2 Å².